The summed E-state index contributed by atoms with van der Waals surface area (Å²) < 4.78 is 0. The smallest absolute Gasteiger partial charge is 0.252 e. The van der Waals surface area contributed by atoms with Crippen LogP contribution in [0.2, 0.25) is 5.02 Å². The number of hydrogen-bond donors (Lipinski definition) is 2. The standard InChI is InChI=1S/C16H19ClN2O2/c17-14-9-5-4-8-13(14)16(21)19-11-10-18-15(20)12-6-2-1-3-7-12/h1-2,4-5,8-9,12H,3,6-7,10-11H2,(H,18,20)(H,19,21)/t12-/m1/s1. The number of hydrogen-bond acceptors (Lipinski definition) is 2. The average molecular weight is 307 g/mol. The molecule has 1 atom stereocenters. The van der Waals surface area contributed by atoms with Gasteiger partial charge in [-0.2, -0.15) is 0 Å². The van der Waals surface area contributed by atoms with Gasteiger partial charge in [-0.1, -0.05) is 35.9 Å². The van der Waals surface area contributed by atoms with E-state index < -0.39 is 0 Å². The van der Waals surface area contributed by atoms with Crippen molar-refractivity contribution in [2.75, 3.05) is 13.1 Å². The molecule has 4 nitrogen and oxygen atoms in total. The summed E-state index contributed by atoms with van der Waals surface area (Å²) in [4.78, 5) is 23.8. The lowest BCUT2D eigenvalue weighted by molar-refractivity contribution is -0.125. The van der Waals surface area contributed by atoms with Crippen LogP contribution in [0.4, 0.5) is 0 Å². The number of amides is 2. The molecule has 1 aliphatic carbocycles. The summed E-state index contributed by atoms with van der Waals surface area (Å²) in [7, 11) is 0. The van der Waals surface area contributed by atoms with E-state index >= 15 is 0 Å². The van der Waals surface area contributed by atoms with E-state index in [0.717, 1.165) is 19.3 Å². The van der Waals surface area contributed by atoms with Gasteiger partial charge in [0.15, 0.2) is 0 Å². The van der Waals surface area contributed by atoms with Crippen molar-refractivity contribution in [3.05, 3.63) is 47.0 Å². The molecule has 1 aromatic rings. The molecule has 0 radical (unpaired) electrons. The van der Waals surface area contributed by atoms with Gasteiger partial charge in [-0.3, -0.25) is 9.59 Å². The van der Waals surface area contributed by atoms with Crippen LogP contribution in [0.15, 0.2) is 36.4 Å². The van der Waals surface area contributed by atoms with Gasteiger partial charge in [0.25, 0.3) is 5.91 Å². The number of halogens is 1. The largest absolute Gasteiger partial charge is 0.354 e. The van der Waals surface area contributed by atoms with Crippen molar-refractivity contribution in [3.8, 4) is 0 Å². The fraction of sp³-hybridized carbons (Fsp3) is 0.375. The third-order valence-electron chi connectivity index (χ3n) is 3.47. The number of nitrogens with one attached hydrogen (secondary N) is 2. The molecular weight excluding hydrogens is 288 g/mol. The Kier molecular flexibility index (Phi) is 5.81. The van der Waals surface area contributed by atoms with Crippen molar-refractivity contribution < 1.29 is 9.59 Å². The molecular formula is C16H19ClN2O2. The van der Waals surface area contributed by atoms with Gasteiger partial charge in [0, 0.05) is 19.0 Å². The fourth-order valence-corrected chi connectivity index (χ4v) is 2.50. The van der Waals surface area contributed by atoms with E-state index in [0.29, 0.717) is 23.7 Å². The molecule has 0 unspecified atom stereocenters. The molecule has 1 aromatic carbocycles. The zero-order valence-electron chi connectivity index (χ0n) is 11.8. The highest BCUT2D eigenvalue weighted by atomic mass is 35.5. The first kappa shape index (κ1) is 15.6. The predicted molar refractivity (Wildman–Crippen MR) is 83.3 cm³/mol. The Balaban J connectivity index is 1.70. The maximum atomic E-state index is 11.9. The van der Waals surface area contributed by atoms with Crippen molar-refractivity contribution in [3.63, 3.8) is 0 Å². The first-order chi connectivity index (χ1) is 10.2. The SMILES string of the molecule is O=C(NCCNC(=O)[C@@H]1CC=CCC1)c1ccccc1Cl. The first-order valence-electron chi connectivity index (χ1n) is 7.14. The molecule has 0 spiro atoms. The molecule has 2 rings (SSSR count). The summed E-state index contributed by atoms with van der Waals surface area (Å²) >= 11 is 5.95. The molecule has 0 bridgehead atoms. The predicted octanol–water partition coefficient (Wildman–Crippen LogP) is 2.54. The number of benzene rings is 1. The third-order valence-corrected chi connectivity index (χ3v) is 3.80. The van der Waals surface area contributed by atoms with E-state index in [1.807, 2.05) is 6.08 Å². The van der Waals surface area contributed by atoms with Gasteiger partial charge in [-0.25, -0.2) is 0 Å². The Labute approximate surface area is 129 Å². The lowest BCUT2D eigenvalue weighted by Crippen LogP contribution is -2.37. The summed E-state index contributed by atoms with van der Waals surface area (Å²) in [5.41, 5.74) is 0.447. The van der Waals surface area contributed by atoms with Gasteiger partial charge < -0.3 is 10.6 Å². The highest BCUT2D eigenvalue weighted by Crippen LogP contribution is 2.17. The topological polar surface area (TPSA) is 58.2 Å². The van der Waals surface area contributed by atoms with E-state index in [-0.39, 0.29) is 17.7 Å². The second kappa shape index (κ2) is 7.84. The number of rotatable bonds is 5. The van der Waals surface area contributed by atoms with Crippen molar-refractivity contribution in [2.45, 2.75) is 19.3 Å². The maximum Gasteiger partial charge on any atom is 0.252 e. The van der Waals surface area contributed by atoms with Crippen LogP contribution in [-0.2, 0) is 4.79 Å². The van der Waals surface area contributed by atoms with Crippen LogP contribution in [0, 0.1) is 5.92 Å². The van der Waals surface area contributed by atoms with E-state index in [9.17, 15) is 9.59 Å². The molecule has 2 amide bonds. The normalized spacial score (nSPS) is 17.3. The van der Waals surface area contributed by atoms with Crippen molar-refractivity contribution in [1.82, 2.24) is 10.6 Å². The first-order valence-corrected chi connectivity index (χ1v) is 7.51. The van der Waals surface area contributed by atoms with E-state index in [2.05, 4.69) is 16.7 Å². The van der Waals surface area contributed by atoms with Gasteiger partial charge in [-0.15, -0.1) is 0 Å². The van der Waals surface area contributed by atoms with Crippen LogP contribution in [-0.4, -0.2) is 24.9 Å². The Morgan fingerprint density at radius 3 is 2.62 bits per heavy atom. The van der Waals surface area contributed by atoms with E-state index in [4.69, 9.17) is 11.6 Å². The zero-order valence-corrected chi connectivity index (χ0v) is 12.5. The molecule has 0 fully saturated rings. The van der Waals surface area contributed by atoms with Gasteiger partial charge in [0.1, 0.15) is 0 Å². The van der Waals surface area contributed by atoms with Crippen LogP contribution in [0.1, 0.15) is 29.6 Å². The molecule has 1 aliphatic rings. The van der Waals surface area contributed by atoms with Gasteiger partial charge in [-0.05, 0) is 31.4 Å². The lowest BCUT2D eigenvalue weighted by Gasteiger charge is -2.17. The number of carbonyl (C=O) groups excluding carboxylic acids is 2. The van der Waals surface area contributed by atoms with Crippen molar-refractivity contribution in [2.24, 2.45) is 5.92 Å². The molecule has 0 aliphatic heterocycles. The van der Waals surface area contributed by atoms with Crippen molar-refractivity contribution in [1.29, 1.82) is 0 Å². The summed E-state index contributed by atoms with van der Waals surface area (Å²) in [6.07, 6.45) is 6.81. The van der Waals surface area contributed by atoms with E-state index in [1.54, 1.807) is 24.3 Å². The molecule has 0 aromatic heterocycles. The quantitative estimate of drug-likeness (QED) is 0.649. The lowest BCUT2D eigenvalue weighted by atomic mass is 9.94. The van der Waals surface area contributed by atoms with Crippen LogP contribution in [0.3, 0.4) is 0 Å². The Morgan fingerprint density at radius 1 is 1.14 bits per heavy atom. The number of allylic oxidation sites excluding steroid dienone is 2. The monoisotopic (exact) mass is 306 g/mol. The van der Waals surface area contributed by atoms with Crippen molar-refractivity contribution >= 4 is 23.4 Å². The summed E-state index contributed by atoms with van der Waals surface area (Å²) in [5, 5.41) is 6.02. The van der Waals surface area contributed by atoms with Gasteiger partial charge in [0.2, 0.25) is 5.91 Å². The van der Waals surface area contributed by atoms with Crippen LogP contribution in [0.5, 0.6) is 0 Å². The molecule has 5 heteroatoms. The van der Waals surface area contributed by atoms with Crippen LogP contribution >= 0.6 is 11.6 Å². The molecule has 2 N–H and O–H groups in total. The Hall–Kier alpha value is -1.81. The summed E-state index contributed by atoms with van der Waals surface area (Å²) in [5.74, 6) is -0.101. The molecule has 0 saturated heterocycles. The second-order valence-electron chi connectivity index (χ2n) is 5.01. The third kappa shape index (κ3) is 4.60. The minimum atomic E-state index is -0.226. The fourth-order valence-electron chi connectivity index (χ4n) is 2.28. The Morgan fingerprint density at radius 2 is 1.90 bits per heavy atom. The summed E-state index contributed by atoms with van der Waals surface area (Å²) in [6.45, 7) is 0.813. The minimum absolute atomic E-state index is 0.0614. The molecule has 112 valence electrons. The highest BCUT2D eigenvalue weighted by molar-refractivity contribution is 6.33. The van der Waals surface area contributed by atoms with Crippen LogP contribution < -0.4 is 10.6 Å². The number of carbonyl (C=O) groups is 2. The summed E-state index contributed by atoms with van der Waals surface area (Å²) in [6, 6.07) is 6.89. The van der Waals surface area contributed by atoms with E-state index in [1.165, 1.54) is 0 Å². The van der Waals surface area contributed by atoms with Crippen LogP contribution in [0.25, 0.3) is 0 Å². The second-order valence-corrected chi connectivity index (χ2v) is 5.42. The highest BCUT2D eigenvalue weighted by Gasteiger charge is 2.18. The maximum absolute atomic E-state index is 11.9. The molecule has 0 heterocycles. The van der Waals surface area contributed by atoms with Gasteiger partial charge >= 0.3 is 0 Å². The molecule has 21 heavy (non-hydrogen) atoms. The average Bonchev–Trinajstić information content (AvgIpc) is 2.52. The molecule has 0 saturated carbocycles. The zero-order chi connectivity index (χ0) is 15.1. The Bertz CT molecular complexity index is 543. The minimum Gasteiger partial charge on any atom is -0.354 e. The van der Waals surface area contributed by atoms with Gasteiger partial charge in [0.05, 0.1) is 10.6 Å².